The summed E-state index contributed by atoms with van der Waals surface area (Å²) in [6, 6.07) is 11.1. The molecule has 3 rings (SSSR count). The highest BCUT2D eigenvalue weighted by Crippen LogP contribution is 2.25. The van der Waals surface area contributed by atoms with Gasteiger partial charge in [0.2, 0.25) is 5.91 Å². The van der Waals surface area contributed by atoms with Crippen LogP contribution in [0.4, 0.5) is 8.78 Å². The van der Waals surface area contributed by atoms with Crippen LogP contribution < -0.4 is 0 Å². The third kappa shape index (κ3) is 6.25. The zero-order valence-corrected chi connectivity index (χ0v) is 19.0. The van der Waals surface area contributed by atoms with Crippen LogP contribution >= 0.6 is 11.6 Å². The van der Waals surface area contributed by atoms with Crippen molar-refractivity contribution in [2.75, 3.05) is 32.7 Å². The molecule has 2 aromatic carbocycles. The summed E-state index contributed by atoms with van der Waals surface area (Å²) in [6.45, 7) is 8.86. The molecule has 1 atom stereocenters. The Bertz CT molecular complexity index is 871. The smallest absolute Gasteiger partial charge is 0.228 e. The third-order valence-electron chi connectivity index (χ3n) is 5.46. The van der Waals surface area contributed by atoms with Gasteiger partial charge in [0, 0.05) is 48.7 Å². The highest BCUT2D eigenvalue weighted by atomic mass is 35.5. The minimum Gasteiger partial charge on any atom is -0.367 e. The third-order valence-corrected chi connectivity index (χ3v) is 5.71. The van der Waals surface area contributed by atoms with Gasteiger partial charge >= 0.3 is 0 Å². The molecular weight excluding hydrogens is 422 g/mol. The molecule has 31 heavy (non-hydrogen) atoms. The van der Waals surface area contributed by atoms with Crippen molar-refractivity contribution in [2.45, 2.75) is 33.5 Å². The van der Waals surface area contributed by atoms with Crippen LogP contribution in [0.3, 0.4) is 0 Å². The number of amides is 1. The SMILES string of the molecule is CC(C)(C)C(=O)N1CCN(C[C@@H](OCc2c(F)cccc2F)c2ccc(Cl)cc2)CC1. The van der Waals surface area contributed by atoms with Gasteiger partial charge in [0.25, 0.3) is 0 Å². The van der Waals surface area contributed by atoms with Crippen molar-refractivity contribution in [2.24, 2.45) is 5.41 Å². The van der Waals surface area contributed by atoms with Crippen molar-refractivity contribution >= 4 is 17.5 Å². The van der Waals surface area contributed by atoms with Crippen LogP contribution in [0, 0.1) is 17.0 Å². The van der Waals surface area contributed by atoms with Crippen LogP contribution in [-0.4, -0.2) is 48.4 Å². The van der Waals surface area contributed by atoms with Gasteiger partial charge < -0.3 is 9.64 Å². The van der Waals surface area contributed by atoms with Gasteiger partial charge in [-0.25, -0.2) is 8.78 Å². The van der Waals surface area contributed by atoms with Crippen LogP contribution in [0.2, 0.25) is 5.02 Å². The van der Waals surface area contributed by atoms with E-state index in [0.717, 1.165) is 5.56 Å². The largest absolute Gasteiger partial charge is 0.367 e. The highest BCUT2D eigenvalue weighted by Gasteiger charge is 2.30. The Hall–Kier alpha value is -2.02. The number of nitrogens with zero attached hydrogens (tertiary/aromatic N) is 2. The Kier molecular flexibility index (Phi) is 7.68. The summed E-state index contributed by atoms with van der Waals surface area (Å²) in [4.78, 5) is 16.6. The molecule has 0 spiro atoms. The lowest BCUT2D eigenvalue weighted by atomic mass is 9.94. The number of benzene rings is 2. The normalized spacial score (nSPS) is 16.4. The van der Waals surface area contributed by atoms with Crippen molar-refractivity contribution in [1.29, 1.82) is 0 Å². The van der Waals surface area contributed by atoms with Crippen LogP contribution in [0.5, 0.6) is 0 Å². The number of halogens is 3. The Morgan fingerprint density at radius 1 is 1.03 bits per heavy atom. The van der Waals surface area contributed by atoms with Gasteiger partial charge in [-0.3, -0.25) is 9.69 Å². The molecule has 1 heterocycles. The summed E-state index contributed by atoms with van der Waals surface area (Å²) in [5, 5.41) is 0.608. The van der Waals surface area contributed by atoms with Gasteiger partial charge in [0.15, 0.2) is 0 Å². The Morgan fingerprint density at radius 3 is 2.16 bits per heavy atom. The molecule has 7 heteroatoms. The van der Waals surface area contributed by atoms with E-state index < -0.39 is 17.0 Å². The molecular formula is C24H29ClF2N2O2. The Morgan fingerprint density at radius 2 is 1.61 bits per heavy atom. The first-order chi connectivity index (χ1) is 14.6. The lowest BCUT2D eigenvalue weighted by Crippen LogP contribution is -2.52. The van der Waals surface area contributed by atoms with Gasteiger partial charge in [-0.15, -0.1) is 0 Å². The van der Waals surface area contributed by atoms with E-state index in [2.05, 4.69) is 4.90 Å². The lowest BCUT2D eigenvalue weighted by molar-refractivity contribution is -0.141. The minimum atomic E-state index is -0.621. The molecule has 0 saturated carbocycles. The monoisotopic (exact) mass is 450 g/mol. The summed E-state index contributed by atoms with van der Waals surface area (Å²) < 4.78 is 34.1. The van der Waals surface area contributed by atoms with Gasteiger partial charge in [-0.2, -0.15) is 0 Å². The number of carbonyl (C=O) groups excluding carboxylic acids is 1. The Balaban J connectivity index is 1.68. The van der Waals surface area contributed by atoms with Gasteiger partial charge in [-0.1, -0.05) is 50.6 Å². The fourth-order valence-electron chi connectivity index (χ4n) is 3.63. The summed E-state index contributed by atoms with van der Waals surface area (Å²) in [7, 11) is 0. The molecule has 168 valence electrons. The number of ether oxygens (including phenoxy) is 1. The van der Waals surface area contributed by atoms with Crippen LogP contribution in [0.25, 0.3) is 0 Å². The number of hydrogen-bond acceptors (Lipinski definition) is 3. The van der Waals surface area contributed by atoms with Gasteiger partial charge in [-0.05, 0) is 29.8 Å². The van der Waals surface area contributed by atoms with E-state index in [9.17, 15) is 13.6 Å². The second kappa shape index (κ2) is 10.1. The molecule has 0 aromatic heterocycles. The van der Waals surface area contributed by atoms with Crippen molar-refractivity contribution in [3.05, 3.63) is 70.2 Å². The van der Waals surface area contributed by atoms with Crippen molar-refractivity contribution in [1.82, 2.24) is 9.80 Å². The van der Waals surface area contributed by atoms with Crippen LogP contribution in [0.15, 0.2) is 42.5 Å². The zero-order chi connectivity index (χ0) is 22.6. The average molecular weight is 451 g/mol. The molecule has 4 nitrogen and oxygen atoms in total. The predicted molar refractivity (Wildman–Crippen MR) is 118 cm³/mol. The summed E-state index contributed by atoms with van der Waals surface area (Å²) in [5.74, 6) is -1.10. The molecule has 1 amide bonds. The molecule has 0 radical (unpaired) electrons. The molecule has 1 aliphatic heterocycles. The number of rotatable bonds is 6. The maximum atomic E-state index is 14.0. The first-order valence-corrected chi connectivity index (χ1v) is 10.8. The summed E-state index contributed by atoms with van der Waals surface area (Å²) in [5.41, 5.74) is 0.400. The number of hydrogen-bond donors (Lipinski definition) is 0. The quantitative estimate of drug-likeness (QED) is 0.616. The van der Waals surface area contributed by atoms with Crippen LogP contribution in [0.1, 0.15) is 38.0 Å². The van der Waals surface area contributed by atoms with E-state index in [1.54, 1.807) is 12.1 Å². The highest BCUT2D eigenvalue weighted by molar-refractivity contribution is 6.30. The van der Waals surface area contributed by atoms with Gasteiger partial charge in [0.1, 0.15) is 11.6 Å². The molecule has 0 aliphatic carbocycles. The predicted octanol–water partition coefficient (Wildman–Crippen LogP) is 5.07. The Labute approximate surface area is 187 Å². The maximum absolute atomic E-state index is 14.0. The van der Waals surface area contributed by atoms with E-state index >= 15 is 0 Å². The molecule has 0 bridgehead atoms. The van der Waals surface area contributed by atoms with Crippen LogP contribution in [-0.2, 0) is 16.1 Å². The van der Waals surface area contributed by atoms with E-state index in [1.807, 2.05) is 37.8 Å². The first kappa shape index (κ1) is 23.6. The molecule has 1 saturated heterocycles. The van der Waals surface area contributed by atoms with E-state index in [4.69, 9.17) is 16.3 Å². The van der Waals surface area contributed by atoms with E-state index in [-0.39, 0.29) is 24.2 Å². The molecule has 2 aromatic rings. The van der Waals surface area contributed by atoms with E-state index in [0.29, 0.717) is 37.7 Å². The summed E-state index contributed by atoms with van der Waals surface area (Å²) >= 11 is 6.02. The van der Waals surface area contributed by atoms with Crippen molar-refractivity contribution < 1.29 is 18.3 Å². The molecule has 1 aliphatic rings. The topological polar surface area (TPSA) is 32.8 Å². The second-order valence-corrected chi connectivity index (χ2v) is 9.33. The van der Waals surface area contributed by atoms with Crippen molar-refractivity contribution in [3.63, 3.8) is 0 Å². The van der Waals surface area contributed by atoms with E-state index in [1.165, 1.54) is 18.2 Å². The lowest BCUT2D eigenvalue weighted by Gasteiger charge is -2.38. The van der Waals surface area contributed by atoms with Crippen molar-refractivity contribution in [3.8, 4) is 0 Å². The summed E-state index contributed by atoms with van der Waals surface area (Å²) in [6.07, 6.45) is -0.388. The fraction of sp³-hybridized carbons (Fsp3) is 0.458. The second-order valence-electron chi connectivity index (χ2n) is 8.89. The molecule has 0 unspecified atom stereocenters. The fourth-order valence-corrected chi connectivity index (χ4v) is 3.75. The zero-order valence-electron chi connectivity index (χ0n) is 18.2. The standard InChI is InChI=1S/C24H29ClF2N2O2/c1-24(2,3)23(30)29-13-11-28(12-14-29)15-22(17-7-9-18(25)10-8-17)31-16-19-20(26)5-4-6-21(19)27/h4-10,22H,11-16H2,1-3H3/t22-/m1/s1. The number of piperazine rings is 1. The average Bonchev–Trinajstić information content (AvgIpc) is 2.72. The molecule has 0 N–H and O–H groups in total. The van der Waals surface area contributed by atoms with Gasteiger partial charge in [0.05, 0.1) is 12.7 Å². The first-order valence-electron chi connectivity index (χ1n) is 10.5. The number of carbonyl (C=O) groups is 1. The minimum absolute atomic E-state index is 0.0814. The maximum Gasteiger partial charge on any atom is 0.228 e. The molecule has 1 fully saturated rings.